The third-order valence-electron chi connectivity index (χ3n) is 2.37. The van der Waals surface area contributed by atoms with Crippen molar-refractivity contribution in [1.82, 2.24) is 5.32 Å². The van der Waals surface area contributed by atoms with Crippen molar-refractivity contribution in [2.45, 2.75) is 19.4 Å². The zero-order valence-electron chi connectivity index (χ0n) is 10.5. The van der Waals surface area contributed by atoms with E-state index < -0.39 is 16.4 Å². The average Bonchev–Trinajstić information content (AvgIpc) is 2.28. The predicted octanol–water partition coefficient (Wildman–Crippen LogP) is 2.14. The fourth-order valence-corrected chi connectivity index (χ4v) is 1.49. The van der Waals surface area contributed by atoms with Crippen molar-refractivity contribution in [2.75, 3.05) is 6.54 Å². The Bertz CT molecular complexity index is 492. The maximum Gasteiger partial charge on any atom is 0.270 e. The molecule has 0 aromatic heterocycles. The minimum absolute atomic E-state index is 0. The molecule has 0 fully saturated rings. The maximum atomic E-state index is 11.9. The van der Waals surface area contributed by atoms with Crippen molar-refractivity contribution in [1.29, 1.82) is 0 Å². The van der Waals surface area contributed by atoms with Crippen molar-refractivity contribution < 1.29 is 9.72 Å². The predicted molar refractivity (Wildman–Crippen MR) is 76.0 cm³/mol. The molecule has 1 aromatic carbocycles. The van der Waals surface area contributed by atoms with Crippen LogP contribution in [0.25, 0.3) is 0 Å². The van der Waals surface area contributed by atoms with Gasteiger partial charge in [-0.15, -0.1) is 12.4 Å². The molecule has 0 aliphatic carbocycles. The lowest BCUT2D eigenvalue weighted by Crippen LogP contribution is -2.48. The van der Waals surface area contributed by atoms with Crippen LogP contribution in [-0.2, 0) is 0 Å². The van der Waals surface area contributed by atoms with Crippen LogP contribution >= 0.6 is 24.0 Å². The molecule has 0 aliphatic heterocycles. The molecule has 0 bridgehead atoms. The second-order valence-corrected chi connectivity index (χ2v) is 4.87. The highest BCUT2D eigenvalue weighted by atomic mass is 35.5. The molecule has 0 radical (unpaired) electrons. The number of nitro groups is 1. The summed E-state index contributed by atoms with van der Waals surface area (Å²) in [6, 6.07) is 3.70. The highest BCUT2D eigenvalue weighted by Gasteiger charge is 2.21. The summed E-state index contributed by atoms with van der Waals surface area (Å²) in [5.41, 5.74) is 4.96. The Kier molecular flexibility index (Phi) is 6.21. The zero-order chi connectivity index (χ0) is 13.9. The van der Waals surface area contributed by atoms with Crippen LogP contribution < -0.4 is 11.1 Å². The molecule has 0 saturated carbocycles. The Morgan fingerprint density at radius 2 is 2.11 bits per heavy atom. The largest absolute Gasteiger partial charge is 0.346 e. The van der Waals surface area contributed by atoms with Gasteiger partial charge in [-0.25, -0.2) is 0 Å². The highest BCUT2D eigenvalue weighted by molar-refractivity contribution is 6.34. The smallest absolute Gasteiger partial charge is 0.270 e. The second kappa shape index (κ2) is 6.70. The Balaban J connectivity index is 0.00000324. The number of nitrogens with two attached hydrogens (primary N) is 1. The van der Waals surface area contributed by atoms with Gasteiger partial charge in [0.2, 0.25) is 0 Å². The lowest BCUT2D eigenvalue weighted by atomic mass is 10.1. The third-order valence-corrected chi connectivity index (χ3v) is 2.68. The van der Waals surface area contributed by atoms with Gasteiger partial charge < -0.3 is 11.1 Å². The Morgan fingerprint density at radius 3 is 2.53 bits per heavy atom. The number of rotatable bonds is 4. The summed E-state index contributed by atoms with van der Waals surface area (Å²) in [6.45, 7) is 3.80. The van der Waals surface area contributed by atoms with Gasteiger partial charge in [-0.2, -0.15) is 0 Å². The van der Waals surface area contributed by atoms with E-state index in [9.17, 15) is 14.9 Å². The number of nitrogens with one attached hydrogen (secondary N) is 1. The van der Waals surface area contributed by atoms with Gasteiger partial charge in [-0.05, 0) is 19.9 Å². The van der Waals surface area contributed by atoms with E-state index in [0.717, 1.165) is 6.07 Å². The standard InChI is InChI=1S/C11H14ClN3O3.ClH/c1-11(2,6-13)14-10(16)8-4-3-7(15(17)18)5-9(8)12;/h3-5H,6,13H2,1-2H3,(H,14,16);1H. The fourth-order valence-electron chi connectivity index (χ4n) is 1.23. The first kappa shape index (κ1) is 17.6. The van der Waals surface area contributed by atoms with Gasteiger partial charge in [0.05, 0.1) is 15.5 Å². The Hall–Kier alpha value is -1.37. The molecule has 19 heavy (non-hydrogen) atoms. The summed E-state index contributed by atoms with van der Waals surface area (Å²) in [5, 5.41) is 13.3. The summed E-state index contributed by atoms with van der Waals surface area (Å²) in [6.07, 6.45) is 0. The van der Waals surface area contributed by atoms with E-state index >= 15 is 0 Å². The van der Waals surface area contributed by atoms with E-state index in [4.69, 9.17) is 17.3 Å². The summed E-state index contributed by atoms with van der Waals surface area (Å²) in [7, 11) is 0. The molecule has 0 atom stereocenters. The molecule has 0 unspecified atom stereocenters. The number of carbonyl (C=O) groups excluding carboxylic acids is 1. The van der Waals surface area contributed by atoms with Crippen LogP contribution in [0.15, 0.2) is 18.2 Å². The van der Waals surface area contributed by atoms with Crippen LogP contribution in [0.3, 0.4) is 0 Å². The fraction of sp³-hybridized carbons (Fsp3) is 0.364. The zero-order valence-corrected chi connectivity index (χ0v) is 12.0. The highest BCUT2D eigenvalue weighted by Crippen LogP contribution is 2.22. The number of amides is 1. The van der Waals surface area contributed by atoms with E-state index in [1.165, 1.54) is 12.1 Å². The van der Waals surface area contributed by atoms with Crippen molar-refractivity contribution in [3.8, 4) is 0 Å². The lowest BCUT2D eigenvalue weighted by molar-refractivity contribution is -0.384. The second-order valence-electron chi connectivity index (χ2n) is 4.46. The minimum atomic E-state index is -0.572. The number of non-ortho nitro benzene ring substituents is 1. The van der Waals surface area contributed by atoms with Crippen LogP contribution in [0.2, 0.25) is 5.02 Å². The van der Waals surface area contributed by atoms with Crippen LogP contribution in [0.4, 0.5) is 5.69 Å². The first-order valence-electron chi connectivity index (χ1n) is 5.23. The van der Waals surface area contributed by atoms with E-state index in [0.29, 0.717) is 0 Å². The Labute approximate surface area is 121 Å². The van der Waals surface area contributed by atoms with Gasteiger partial charge in [0, 0.05) is 24.2 Å². The number of nitrogens with zero attached hydrogens (tertiary/aromatic N) is 1. The first-order chi connectivity index (χ1) is 8.26. The van der Waals surface area contributed by atoms with E-state index in [1.54, 1.807) is 13.8 Å². The summed E-state index contributed by atoms with van der Waals surface area (Å²) >= 11 is 5.84. The van der Waals surface area contributed by atoms with Crippen LogP contribution in [-0.4, -0.2) is 22.9 Å². The quantitative estimate of drug-likeness (QED) is 0.657. The molecule has 106 valence electrons. The molecule has 3 N–H and O–H groups in total. The van der Waals surface area contributed by atoms with Crippen molar-refractivity contribution in [2.24, 2.45) is 5.73 Å². The molecule has 8 heteroatoms. The van der Waals surface area contributed by atoms with E-state index in [-0.39, 0.29) is 35.2 Å². The molecule has 0 heterocycles. The molecule has 1 amide bonds. The van der Waals surface area contributed by atoms with E-state index in [2.05, 4.69) is 5.32 Å². The number of hydrogen-bond donors (Lipinski definition) is 2. The van der Waals surface area contributed by atoms with Gasteiger partial charge in [0.25, 0.3) is 11.6 Å². The van der Waals surface area contributed by atoms with Gasteiger partial charge >= 0.3 is 0 Å². The van der Waals surface area contributed by atoms with Gasteiger partial charge in [0.1, 0.15) is 0 Å². The van der Waals surface area contributed by atoms with Gasteiger partial charge in [0.15, 0.2) is 0 Å². The Morgan fingerprint density at radius 1 is 1.53 bits per heavy atom. The molecule has 1 aromatic rings. The average molecular weight is 308 g/mol. The molecule has 0 aliphatic rings. The number of hydrogen-bond acceptors (Lipinski definition) is 4. The summed E-state index contributed by atoms with van der Waals surface area (Å²) in [4.78, 5) is 21.9. The summed E-state index contributed by atoms with van der Waals surface area (Å²) < 4.78 is 0. The maximum absolute atomic E-state index is 11.9. The molecule has 0 saturated heterocycles. The lowest BCUT2D eigenvalue weighted by Gasteiger charge is -2.24. The van der Waals surface area contributed by atoms with Crippen LogP contribution in [0.1, 0.15) is 24.2 Å². The molecular weight excluding hydrogens is 293 g/mol. The van der Waals surface area contributed by atoms with Crippen LogP contribution in [0, 0.1) is 10.1 Å². The topological polar surface area (TPSA) is 98.3 Å². The van der Waals surface area contributed by atoms with Crippen LogP contribution in [0.5, 0.6) is 0 Å². The minimum Gasteiger partial charge on any atom is -0.346 e. The molecule has 0 spiro atoms. The number of halogens is 2. The van der Waals surface area contributed by atoms with Crippen molar-refractivity contribution >= 4 is 35.6 Å². The van der Waals surface area contributed by atoms with Gasteiger partial charge in [-0.1, -0.05) is 11.6 Å². The molecule has 6 nitrogen and oxygen atoms in total. The SMILES string of the molecule is CC(C)(CN)NC(=O)c1ccc([N+](=O)[O-])cc1Cl.Cl. The number of nitro benzene ring substituents is 1. The number of carbonyl (C=O) groups is 1. The number of benzene rings is 1. The molecular formula is C11H15Cl2N3O3. The summed E-state index contributed by atoms with van der Waals surface area (Å²) in [5.74, 6) is -0.412. The van der Waals surface area contributed by atoms with Gasteiger partial charge in [-0.3, -0.25) is 14.9 Å². The molecule has 1 rings (SSSR count). The monoisotopic (exact) mass is 307 g/mol. The third kappa shape index (κ3) is 4.66. The van der Waals surface area contributed by atoms with Crippen molar-refractivity contribution in [3.63, 3.8) is 0 Å². The van der Waals surface area contributed by atoms with Crippen molar-refractivity contribution in [3.05, 3.63) is 38.9 Å². The first-order valence-corrected chi connectivity index (χ1v) is 5.61. The normalized spacial score (nSPS) is 10.5. The van der Waals surface area contributed by atoms with E-state index in [1.807, 2.05) is 0 Å².